The van der Waals surface area contributed by atoms with E-state index in [1.54, 1.807) is 54.6 Å². The van der Waals surface area contributed by atoms with Crippen LogP contribution in [0.5, 0.6) is 0 Å². The zero-order valence-electron chi connectivity index (χ0n) is 31.5. The molecule has 2 aliphatic heterocycles. The van der Waals surface area contributed by atoms with Crippen molar-refractivity contribution in [2.24, 2.45) is 0 Å². The van der Waals surface area contributed by atoms with Crippen LogP contribution in [0.1, 0.15) is 69.8 Å². The van der Waals surface area contributed by atoms with Gasteiger partial charge in [-0.25, -0.2) is 29.1 Å². The van der Waals surface area contributed by atoms with Crippen LogP contribution in [-0.4, -0.2) is 64.2 Å². The molecule has 0 radical (unpaired) electrons. The van der Waals surface area contributed by atoms with Gasteiger partial charge in [-0.05, 0) is 113 Å². The maximum absolute atomic E-state index is 12.1. The molecule has 6 N–H and O–H groups in total. The number of carboxylic acid groups (broad SMARTS) is 4. The Morgan fingerprint density at radius 3 is 1.38 bits per heavy atom. The number of halogens is 1. The molecule has 12 nitrogen and oxygen atoms in total. The second-order valence-corrected chi connectivity index (χ2v) is 14.6. The molecule has 0 saturated heterocycles. The third-order valence-corrected chi connectivity index (χ3v) is 10.8. The predicted octanol–water partition coefficient (Wildman–Crippen LogP) is 10.4. The summed E-state index contributed by atoms with van der Waals surface area (Å²) in [6, 6.07) is 34.4. The first-order valence-electron chi connectivity index (χ1n) is 18.6. The molecule has 13 heteroatoms. The number of carbonyl (C=O) groups is 4. The minimum Gasteiger partial charge on any atom is -0.478 e. The molecule has 0 amide bonds. The second kappa shape index (κ2) is 15.1. The molecule has 4 aromatic carbocycles. The molecule has 2 aliphatic rings. The summed E-state index contributed by atoms with van der Waals surface area (Å²) in [6.07, 6.45) is 3.73. The van der Waals surface area contributed by atoms with Gasteiger partial charge < -0.3 is 30.4 Å². The van der Waals surface area contributed by atoms with E-state index in [0.29, 0.717) is 83.8 Å². The third-order valence-electron chi connectivity index (χ3n) is 10.4. The Labute approximate surface area is 350 Å². The van der Waals surface area contributed by atoms with Crippen LogP contribution in [-0.2, 0) is 0 Å². The molecule has 0 unspecified atom stereocenters. The molecule has 7 aromatic rings. The summed E-state index contributed by atoms with van der Waals surface area (Å²) >= 11 is 7.36. The number of hydrogen-bond donors (Lipinski definition) is 6. The zero-order chi connectivity index (χ0) is 42.5. The first-order valence-corrected chi connectivity index (χ1v) is 19.0. The van der Waals surface area contributed by atoms with E-state index in [0.717, 1.165) is 5.52 Å². The summed E-state index contributed by atoms with van der Waals surface area (Å²) in [5.41, 5.74) is 8.96. The molecule has 0 aliphatic carbocycles. The molecule has 5 heterocycles. The van der Waals surface area contributed by atoms with Gasteiger partial charge in [0.1, 0.15) is 0 Å². The summed E-state index contributed by atoms with van der Waals surface area (Å²) in [5, 5.41) is 39.6. The maximum atomic E-state index is 12.1. The fourth-order valence-corrected chi connectivity index (χ4v) is 7.82. The topological polar surface area (TPSA) is 207 Å². The summed E-state index contributed by atoms with van der Waals surface area (Å²) < 4.78 is 0. The van der Waals surface area contributed by atoms with Crippen LogP contribution in [0, 0.1) is 0 Å². The number of aromatic amines is 2. The van der Waals surface area contributed by atoms with Gasteiger partial charge in [0, 0.05) is 38.8 Å². The minimum absolute atomic E-state index is 0.0335. The lowest BCUT2D eigenvalue weighted by atomic mass is 9.90. The first-order chi connectivity index (χ1) is 29.4. The number of aromatic carboxylic acids is 4. The third kappa shape index (κ3) is 7.13. The molecule has 8 bridgehead atoms. The van der Waals surface area contributed by atoms with Gasteiger partial charge in [-0.15, -0.1) is 0 Å². The summed E-state index contributed by atoms with van der Waals surface area (Å²) in [4.78, 5) is 65.2. The first kappa shape index (κ1) is 38.2. The SMILES string of the molecule is O=C(O)c1ccc(C2=C(Cl)c3cc4ccc(cc5nc(cc6[nH]c(c(-c7ccc(C(=O)O)cc7)c2n3)c(-c2ccc(C(=O)O)cc2)c6-c2ccc(C(=O)O)cc2)C=C5)[nH]4)cc1. The van der Waals surface area contributed by atoms with Gasteiger partial charge in [-0.1, -0.05) is 60.1 Å². The highest BCUT2D eigenvalue weighted by atomic mass is 35.5. The zero-order valence-corrected chi connectivity index (χ0v) is 32.2. The number of aromatic nitrogens is 4. The number of fused-ring (bicyclic) bond motifs is 8. The van der Waals surface area contributed by atoms with Gasteiger partial charge in [0.05, 0.1) is 55.6 Å². The standard InChI is InChI=1S/C48H29ClN4O8/c49-42-37-23-35-20-18-33(51-35)21-32-17-19-34(50-32)22-36-38(24-1-9-28(10-2-24)45(54)55)39(25-3-11-29(12-4-25)46(56)57)43(52-36)41(27-7-15-31(16-8-27)48(60)61)44(53-37)40(42)26-5-13-30(14-6-26)47(58)59/h1-23,51-52H,(H,54,55)(H,56,57)(H,58,59)(H,60,61). The van der Waals surface area contributed by atoms with E-state index >= 15 is 0 Å². The maximum Gasteiger partial charge on any atom is 0.335 e. The van der Waals surface area contributed by atoms with Crippen LogP contribution in [0.25, 0.3) is 78.2 Å². The van der Waals surface area contributed by atoms with Gasteiger partial charge in [-0.3, -0.25) is 0 Å². The van der Waals surface area contributed by atoms with Gasteiger partial charge in [-0.2, -0.15) is 0 Å². The average molecular weight is 825 g/mol. The summed E-state index contributed by atoms with van der Waals surface area (Å²) in [5.74, 6) is -4.47. The van der Waals surface area contributed by atoms with Crippen LogP contribution in [0.4, 0.5) is 0 Å². The largest absolute Gasteiger partial charge is 0.478 e. The van der Waals surface area contributed by atoms with E-state index in [4.69, 9.17) is 21.6 Å². The quantitative estimate of drug-likeness (QED) is 0.0854. The van der Waals surface area contributed by atoms with Gasteiger partial charge in [0.2, 0.25) is 0 Å². The fourth-order valence-electron chi connectivity index (χ4n) is 7.53. The number of H-pyrrole nitrogens is 2. The van der Waals surface area contributed by atoms with Gasteiger partial charge >= 0.3 is 23.9 Å². The predicted molar refractivity (Wildman–Crippen MR) is 232 cm³/mol. The molecule has 3 aromatic heterocycles. The summed E-state index contributed by atoms with van der Waals surface area (Å²) in [7, 11) is 0. The number of rotatable bonds is 8. The molecule has 61 heavy (non-hydrogen) atoms. The minimum atomic E-state index is -1.13. The molecular weight excluding hydrogens is 796 g/mol. The summed E-state index contributed by atoms with van der Waals surface area (Å²) in [6.45, 7) is 0. The Morgan fingerprint density at radius 2 is 0.885 bits per heavy atom. The van der Waals surface area contributed by atoms with Crippen LogP contribution in [0.3, 0.4) is 0 Å². The Kier molecular flexibility index (Phi) is 9.46. The fraction of sp³-hybridized carbons (Fsp3) is 0. The molecule has 0 saturated carbocycles. The van der Waals surface area contributed by atoms with Gasteiger partial charge in [0.15, 0.2) is 0 Å². The van der Waals surface area contributed by atoms with Gasteiger partial charge in [0.25, 0.3) is 0 Å². The van der Waals surface area contributed by atoms with Crippen LogP contribution >= 0.6 is 11.6 Å². The van der Waals surface area contributed by atoms with E-state index in [-0.39, 0.29) is 27.3 Å². The van der Waals surface area contributed by atoms with Crippen molar-refractivity contribution in [3.63, 3.8) is 0 Å². The highest BCUT2D eigenvalue weighted by molar-refractivity contribution is 6.54. The number of nitrogens with zero attached hydrogens (tertiary/aromatic N) is 2. The van der Waals surface area contributed by atoms with Crippen molar-refractivity contribution in [2.75, 3.05) is 0 Å². The molecule has 296 valence electrons. The van der Waals surface area contributed by atoms with Crippen molar-refractivity contribution in [2.45, 2.75) is 0 Å². The van der Waals surface area contributed by atoms with Crippen LogP contribution < -0.4 is 0 Å². The molecule has 0 fully saturated rings. The molecular formula is C48H29ClN4O8. The van der Waals surface area contributed by atoms with E-state index in [1.165, 1.54) is 48.5 Å². The monoisotopic (exact) mass is 824 g/mol. The van der Waals surface area contributed by atoms with Crippen LogP contribution in [0.15, 0.2) is 127 Å². The number of nitrogens with one attached hydrogen (secondary N) is 2. The smallest absolute Gasteiger partial charge is 0.335 e. The highest BCUT2D eigenvalue weighted by Crippen LogP contribution is 2.48. The van der Waals surface area contributed by atoms with Crippen molar-refractivity contribution >= 4 is 80.3 Å². The lowest BCUT2D eigenvalue weighted by Gasteiger charge is -2.13. The van der Waals surface area contributed by atoms with Crippen LogP contribution in [0.2, 0.25) is 0 Å². The number of carboxylic acids is 4. The molecule has 0 spiro atoms. The van der Waals surface area contributed by atoms with Crippen molar-refractivity contribution in [3.05, 3.63) is 178 Å². The van der Waals surface area contributed by atoms with Crippen molar-refractivity contribution in [1.29, 1.82) is 0 Å². The van der Waals surface area contributed by atoms with E-state index in [2.05, 4.69) is 9.97 Å². The molecule has 9 rings (SSSR count). The Balaban J connectivity index is 1.52. The number of hydrogen-bond acceptors (Lipinski definition) is 6. The van der Waals surface area contributed by atoms with Crippen molar-refractivity contribution in [3.8, 4) is 33.4 Å². The van der Waals surface area contributed by atoms with Crippen molar-refractivity contribution < 1.29 is 39.6 Å². The second-order valence-electron chi connectivity index (χ2n) is 14.2. The van der Waals surface area contributed by atoms with Crippen molar-refractivity contribution in [1.82, 2.24) is 19.9 Å². The van der Waals surface area contributed by atoms with E-state index < -0.39 is 23.9 Å². The lowest BCUT2D eigenvalue weighted by Crippen LogP contribution is -1.98. The molecule has 0 atom stereocenters. The lowest BCUT2D eigenvalue weighted by molar-refractivity contribution is 0.0686. The van der Waals surface area contributed by atoms with E-state index in [1.807, 2.05) is 36.4 Å². The Morgan fingerprint density at radius 1 is 0.459 bits per heavy atom. The Hall–Kier alpha value is -8.35. The highest BCUT2D eigenvalue weighted by Gasteiger charge is 2.28. The normalized spacial score (nSPS) is 12.1. The van der Waals surface area contributed by atoms with E-state index in [9.17, 15) is 39.6 Å². The number of benzene rings is 4. The Bertz CT molecular complexity index is 3240. The average Bonchev–Trinajstić information content (AvgIpc) is 4.05.